The monoisotopic (exact) mass is 309 g/mol. The summed E-state index contributed by atoms with van der Waals surface area (Å²) in [6, 6.07) is 10.0. The lowest BCUT2D eigenvalue weighted by atomic mass is 10.1. The van der Waals surface area contributed by atoms with Crippen molar-refractivity contribution >= 4 is 5.97 Å². The van der Waals surface area contributed by atoms with E-state index in [9.17, 15) is 4.79 Å². The molecule has 0 radical (unpaired) electrons. The van der Waals surface area contributed by atoms with Crippen LogP contribution >= 0.6 is 0 Å². The van der Waals surface area contributed by atoms with Crippen LogP contribution in [0.2, 0.25) is 0 Å². The largest absolute Gasteiger partial charge is 0.454 e. The number of carbonyl (C=O) groups excluding carboxylic acids is 1. The Morgan fingerprint density at radius 3 is 2.91 bits per heavy atom. The van der Waals surface area contributed by atoms with Gasteiger partial charge < -0.3 is 9.30 Å². The lowest BCUT2D eigenvalue weighted by molar-refractivity contribution is 0.0458. The third-order valence-electron chi connectivity index (χ3n) is 3.84. The highest BCUT2D eigenvalue weighted by atomic mass is 16.5. The van der Waals surface area contributed by atoms with E-state index in [2.05, 4.69) is 20.4 Å². The first-order chi connectivity index (χ1) is 11.3. The molecule has 1 saturated carbocycles. The number of rotatable bonds is 5. The van der Waals surface area contributed by atoms with Gasteiger partial charge in [0.2, 0.25) is 0 Å². The van der Waals surface area contributed by atoms with E-state index >= 15 is 0 Å². The van der Waals surface area contributed by atoms with Crippen LogP contribution in [0.25, 0.3) is 11.3 Å². The van der Waals surface area contributed by atoms with Crippen molar-refractivity contribution in [1.29, 1.82) is 0 Å². The molecule has 0 saturated heterocycles. The fraction of sp³-hybridized carbons (Fsp3) is 0.250. The summed E-state index contributed by atoms with van der Waals surface area (Å²) in [4.78, 5) is 12.4. The maximum Gasteiger partial charge on any atom is 0.342 e. The minimum atomic E-state index is -0.428. The normalized spacial score (nSPS) is 13.9. The molecule has 1 aliphatic carbocycles. The number of ether oxygens (including phenoxy) is 1. The standard InChI is InChI=1S/C16H15N5O2/c22-16(23-9-14-19-18-10-21(14)12-6-7-12)13-8-17-20-15(13)11-4-2-1-3-5-11/h1-5,8,10,12H,6-7,9H2,(H,17,20). The predicted molar refractivity (Wildman–Crippen MR) is 81.4 cm³/mol. The Morgan fingerprint density at radius 2 is 2.13 bits per heavy atom. The Kier molecular flexibility index (Phi) is 3.38. The third-order valence-corrected chi connectivity index (χ3v) is 3.84. The number of H-pyrrole nitrogens is 1. The lowest BCUT2D eigenvalue weighted by Crippen LogP contribution is -2.09. The molecule has 0 aliphatic heterocycles. The minimum Gasteiger partial charge on any atom is -0.454 e. The molecule has 116 valence electrons. The molecule has 4 rings (SSSR count). The number of hydrogen-bond donors (Lipinski definition) is 1. The van der Waals surface area contributed by atoms with Crippen molar-refractivity contribution in [2.24, 2.45) is 0 Å². The Hall–Kier alpha value is -2.96. The van der Waals surface area contributed by atoms with Gasteiger partial charge in [0.05, 0.1) is 11.9 Å². The summed E-state index contributed by atoms with van der Waals surface area (Å²) in [7, 11) is 0. The van der Waals surface area contributed by atoms with Crippen LogP contribution in [-0.2, 0) is 11.3 Å². The van der Waals surface area contributed by atoms with Gasteiger partial charge in [-0.15, -0.1) is 10.2 Å². The van der Waals surface area contributed by atoms with Crippen molar-refractivity contribution in [3.8, 4) is 11.3 Å². The van der Waals surface area contributed by atoms with Crippen molar-refractivity contribution in [2.45, 2.75) is 25.5 Å². The second-order valence-electron chi connectivity index (χ2n) is 5.49. The van der Waals surface area contributed by atoms with Crippen LogP contribution in [0.1, 0.15) is 35.1 Å². The Morgan fingerprint density at radius 1 is 1.30 bits per heavy atom. The zero-order valence-corrected chi connectivity index (χ0v) is 12.3. The molecular formula is C16H15N5O2. The second kappa shape index (κ2) is 5.68. The Bertz CT molecular complexity index is 820. The van der Waals surface area contributed by atoms with Gasteiger partial charge in [0, 0.05) is 11.6 Å². The number of benzene rings is 1. The summed E-state index contributed by atoms with van der Waals surface area (Å²) >= 11 is 0. The number of carbonyl (C=O) groups is 1. The van der Waals surface area contributed by atoms with Crippen molar-refractivity contribution < 1.29 is 9.53 Å². The smallest absolute Gasteiger partial charge is 0.342 e. The number of nitrogens with one attached hydrogen (secondary N) is 1. The Labute approximate surface area is 132 Å². The molecule has 1 aliphatic rings. The molecule has 2 aromatic heterocycles. The Balaban J connectivity index is 1.50. The van der Waals surface area contributed by atoms with Crippen LogP contribution in [0.5, 0.6) is 0 Å². The van der Waals surface area contributed by atoms with E-state index in [0.717, 1.165) is 18.4 Å². The van der Waals surface area contributed by atoms with E-state index in [0.29, 0.717) is 23.1 Å². The topological polar surface area (TPSA) is 85.7 Å². The highest BCUT2D eigenvalue weighted by Gasteiger charge is 2.26. The molecule has 0 amide bonds. The molecule has 3 aromatic rings. The highest BCUT2D eigenvalue weighted by Crippen LogP contribution is 2.35. The fourth-order valence-electron chi connectivity index (χ4n) is 2.50. The van der Waals surface area contributed by atoms with Gasteiger partial charge >= 0.3 is 5.97 Å². The molecule has 0 atom stereocenters. The molecule has 0 bridgehead atoms. The number of hydrogen-bond acceptors (Lipinski definition) is 5. The first-order valence-corrected chi connectivity index (χ1v) is 7.47. The summed E-state index contributed by atoms with van der Waals surface area (Å²) in [6.07, 6.45) is 5.42. The van der Waals surface area contributed by atoms with Crippen molar-refractivity contribution in [2.75, 3.05) is 0 Å². The number of aromatic nitrogens is 5. The third kappa shape index (κ3) is 2.73. The van der Waals surface area contributed by atoms with Gasteiger partial charge in [-0.05, 0) is 12.8 Å². The number of esters is 1. The SMILES string of the molecule is O=C(OCc1nncn1C1CC1)c1cn[nH]c1-c1ccccc1. The molecule has 2 heterocycles. The maximum atomic E-state index is 12.4. The van der Waals surface area contributed by atoms with E-state index in [4.69, 9.17) is 4.74 Å². The number of nitrogens with zero attached hydrogens (tertiary/aromatic N) is 4. The van der Waals surface area contributed by atoms with E-state index in [1.807, 2.05) is 34.9 Å². The molecular weight excluding hydrogens is 294 g/mol. The molecule has 7 nitrogen and oxygen atoms in total. The van der Waals surface area contributed by atoms with Crippen LogP contribution in [0, 0.1) is 0 Å². The molecule has 23 heavy (non-hydrogen) atoms. The second-order valence-corrected chi connectivity index (χ2v) is 5.49. The van der Waals surface area contributed by atoms with Gasteiger partial charge in [0.1, 0.15) is 11.9 Å². The maximum absolute atomic E-state index is 12.4. The molecule has 1 aromatic carbocycles. The fourth-order valence-corrected chi connectivity index (χ4v) is 2.50. The lowest BCUT2D eigenvalue weighted by Gasteiger charge is -2.06. The van der Waals surface area contributed by atoms with Crippen LogP contribution in [0.3, 0.4) is 0 Å². The predicted octanol–water partition coefficient (Wildman–Crippen LogP) is 2.36. The van der Waals surface area contributed by atoms with Crippen molar-refractivity contribution in [1.82, 2.24) is 25.0 Å². The van der Waals surface area contributed by atoms with Gasteiger partial charge in [-0.3, -0.25) is 5.10 Å². The van der Waals surface area contributed by atoms with E-state index in [1.54, 1.807) is 6.33 Å². The van der Waals surface area contributed by atoms with Crippen LogP contribution in [0.4, 0.5) is 0 Å². The van der Waals surface area contributed by atoms with Gasteiger partial charge in [-0.1, -0.05) is 30.3 Å². The van der Waals surface area contributed by atoms with Crippen molar-refractivity contribution in [3.05, 3.63) is 54.2 Å². The summed E-state index contributed by atoms with van der Waals surface area (Å²) in [5, 5.41) is 14.7. The average Bonchev–Trinajstić information content (AvgIpc) is 3.13. The molecule has 1 fully saturated rings. The summed E-state index contributed by atoms with van der Waals surface area (Å²) in [5.74, 6) is 0.244. The van der Waals surface area contributed by atoms with Gasteiger partial charge in [-0.25, -0.2) is 4.79 Å². The summed E-state index contributed by atoms with van der Waals surface area (Å²) in [6.45, 7) is 0.106. The van der Waals surface area contributed by atoms with Crippen molar-refractivity contribution in [3.63, 3.8) is 0 Å². The van der Waals surface area contributed by atoms with Crippen LogP contribution in [0.15, 0.2) is 42.9 Å². The molecule has 1 N–H and O–H groups in total. The molecule has 0 unspecified atom stereocenters. The highest BCUT2D eigenvalue weighted by molar-refractivity contribution is 5.95. The quantitative estimate of drug-likeness (QED) is 0.731. The zero-order chi connectivity index (χ0) is 15.6. The van der Waals surface area contributed by atoms with E-state index < -0.39 is 5.97 Å². The van der Waals surface area contributed by atoms with Crippen LogP contribution < -0.4 is 0 Å². The molecule has 0 spiro atoms. The zero-order valence-electron chi connectivity index (χ0n) is 12.3. The van der Waals surface area contributed by atoms with Gasteiger partial charge in [-0.2, -0.15) is 5.10 Å². The number of aromatic amines is 1. The first-order valence-electron chi connectivity index (χ1n) is 7.47. The summed E-state index contributed by atoms with van der Waals surface area (Å²) in [5.41, 5.74) is 1.95. The molecule has 7 heteroatoms. The van der Waals surface area contributed by atoms with Crippen LogP contribution in [-0.4, -0.2) is 30.9 Å². The average molecular weight is 309 g/mol. The minimum absolute atomic E-state index is 0.106. The van der Waals surface area contributed by atoms with Gasteiger partial charge in [0.25, 0.3) is 0 Å². The first kappa shape index (κ1) is 13.7. The van der Waals surface area contributed by atoms with E-state index in [-0.39, 0.29) is 6.61 Å². The summed E-state index contributed by atoms with van der Waals surface area (Å²) < 4.78 is 7.36. The van der Waals surface area contributed by atoms with Gasteiger partial charge in [0.15, 0.2) is 12.4 Å². The van der Waals surface area contributed by atoms with E-state index in [1.165, 1.54) is 6.20 Å².